The van der Waals surface area contributed by atoms with Crippen molar-refractivity contribution in [3.05, 3.63) is 29.2 Å². The van der Waals surface area contributed by atoms with Gasteiger partial charge in [-0.1, -0.05) is 0 Å². The molecule has 0 aliphatic carbocycles. The van der Waals surface area contributed by atoms with Crippen LogP contribution in [0.2, 0.25) is 5.28 Å². The molecule has 6 heteroatoms. The van der Waals surface area contributed by atoms with Gasteiger partial charge in [-0.05, 0) is 11.6 Å². The third-order valence-corrected chi connectivity index (χ3v) is 1.51. The summed E-state index contributed by atoms with van der Waals surface area (Å²) >= 11 is 5.44. The van der Waals surface area contributed by atoms with E-state index in [-0.39, 0.29) is 16.6 Å². The average molecular weight is 201 g/mol. The van der Waals surface area contributed by atoms with Crippen molar-refractivity contribution in [1.29, 1.82) is 5.41 Å². The fourth-order valence-corrected chi connectivity index (χ4v) is 0.877. The zero-order chi connectivity index (χ0) is 9.84. The molecule has 1 aromatic heterocycles. The molecular formula is C7H6ClFN4. The highest BCUT2D eigenvalue weighted by Gasteiger charge is 2.08. The topological polar surface area (TPSA) is 75.7 Å². The van der Waals surface area contributed by atoms with E-state index in [1.54, 1.807) is 0 Å². The van der Waals surface area contributed by atoms with Crippen LogP contribution in [-0.4, -0.2) is 16.2 Å². The Kier molecular flexibility index (Phi) is 2.92. The van der Waals surface area contributed by atoms with Crippen LogP contribution in [0.25, 0.3) is 5.57 Å². The van der Waals surface area contributed by atoms with Gasteiger partial charge in [-0.15, -0.1) is 0 Å². The molecule has 13 heavy (non-hydrogen) atoms. The summed E-state index contributed by atoms with van der Waals surface area (Å²) in [4.78, 5) is 7.02. The van der Waals surface area contributed by atoms with Crippen molar-refractivity contribution < 1.29 is 4.39 Å². The monoisotopic (exact) mass is 200 g/mol. The minimum absolute atomic E-state index is 0.0718. The molecule has 1 rings (SSSR count). The molecule has 0 fully saturated rings. The highest BCUT2D eigenvalue weighted by atomic mass is 35.5. The summed E-state index contributed by atoms with van der Waals surface area (Å²) in [5, 5.41) is 6.84. The van der Waals surface area contributed by atoms with E-state index in [0.29, 0.717) is 0 Å². The third-order valence-electron chi connectivity index (χ3n) is 1.32. The van der Waals surface area contributed by atoms with Crippen LogP contribution < -0.4 is 5.73 Å². The van der Waals surface area contributed by atoms with E-state index in [1.807, 2.05) is 0 Å². The molecule has 4 nitrogen and oxygen atoms in total. The van der Waals surface area contributed by atoms with Gasteiger partial charge in [0.05, 0.1) is 6.20 Å². The smallest absolute Gasteiger partial charge is 0.223 e. The number of nitrogens with one attached hydrogen (secondary N) is 1. The Balaban J connectivity index is 3.27. The summed E-state index contributed by atoms with van der Waals surface area (Å²) in [6.45, 7) is 0. The van der Waals surface area contributed by atoms with Gasteiger partial charge in [0.15, 0.2) is 5.82 Å². The molecule has 0 aromatic carbocycles. The van der Waals surface area contributed by atoms with E-state index in [0.717, 1.165) is 18.6 Å². The molecule has 0 radical (unpaired) electrons. The molecule has 0 unspecified atom stereocenters. The molecule has 3 N–H and O–H groups in total. The van der Waals surface area contributed by atoms with Crippen LogP contribution in [0.15, 0.2) is 12.4 Å². The molecule has 1 aromatic rings. The number of halogens is 2. The zero-order valence-electron chi connectivity index (χ0n) is 6.46. The SMILES string of the molecule is N=C/C(=C\N)c1nc(Cl)ncc1F. The van der Waals surface area contributed by atoms with Crippen LogP contribution in [0.1, 0.15) is 5.69 Å². The van der Waals surface area contributed by atoms with Crippen molar-refractivity contribution in [2.45, 2.75) is 0 Å². The fraction of sp³-hybridized carbons (Fsp3) is 0. The number of nitrogens with two attached hydrogens (primary N) is 1. The maximum absolute atomic E-state index is 13.0. The van der Waals surface area contributed by atoms with Crippen molar-refractivity contribution in [2.24, 2.45) is 5.73 Å². The lowest BCUT2D eigenvalue weighted by molar-refractivity contribution is 0.609. The number of rotatable bonds is 2. The van der Waals surface area contributed by atoms with E-state index in [2.05, 4.69) is 9.97 Å². The molecule has 0 spiro atoms. The maximum atomic E-state index is 13.0. The quantitative estimate of drug-likeness (QED) is 0.557. The van der Waals surface area contributed by atoms with Gasteiger partial charge in [0.1, 0.15) is 5.69 Å². The Morgan fingerprint density at radius 1 is 1.69 bits per heavy atom. The number of hydrogen-bond acceptors (Lipinski definition) is 4. The second kappa shape index (κ2) is 3.95. The summed E-state index contributed by atoms with van der Waals surface area (Å²) in [7, 11) is 0. The van der Waals surface area contributed by atoms with Crippen molar-refractivity contribution in [3.63, 3.8) is 0 Å². The van der Waals surface area contributed by atoms with E-state index >= 15 is 0 Å². The minimum Gasteiger partial charge on any atom is -0.404 e. The molecule has 68 valence electrons. The molecule has 0 saturated carbocycles. The Bertz CT molecular complexity index is 364. The summed E-state index contributed by atoms with van der Waals surface area (Å²) in [6.07, 6.45) is 2.90. The number of allylic oxidation sites excluding steroid dienone is 1. The van der Waals surface area contributed by atoms with E-state index in [1.165, 1.54) is 0 Å². The van der Waals surface area contributed by atoms with E-state index in [4.69, 9.17) is 22.7 Å². The van der Waals surface area contributed by atoms with E-state index < -0.39 is 5.82 Å². The van der Waals surface area contributed by atoms with Gasteiger partial charge in [0, 0.05) is 18.0 Å². The van der Waals surface area contributed by atoms with Gasteiger partial charge < -0.3 is 11.1 Å². The van der Waals surface area contributed by atoms with Crippen LogP contribution in [-0.2, 0) is 0 Å². The predicted octanol–water partition coefficient (Wildman–Crippen LogP) is 1.22. The number of hydrogen-bond donors (Lipinski definition) is 2. The molecule has 0 atom stereocenters. The summed E-state index contributed by atoms with van der Waals surface area (Å²) in [5.74, 6) is -0.662. The molecule has 0 aliphatic heterocycles. The van der Waals surface area contributed by atoms with Crippen LogP contribution in [0.4, 0.5) is 4.39 Å². The van der Waals surface area contributed by atoms with Crippen molar-refractivity contribution in [3.8, 4) is 0 Å². The van der Waals surface area contributed by atoms with Gasteiger partial charge in [0.2, 0.25) is 5.28 Å². The van der Waals surface area contributed by atoms with Gasteiger partial charge in [-0.25, -0.2) is 14.4 Å². The predicted molar refractivity (Wildman–Crippen MR) is 47.9 cm³/mol. The molecule has 0 bridgehead atoms. The van der Waals surface area contributed by atoms with Gasteiger partial charge in [0.25, 0.3) is 0 Å². The molecule has 0 aliphatic rings. The lowest BCUT2D eigenvalue weighted by Crippen LogP contribution is -1.99. The Morgan fingerprint density at radius 2 is 2.38 bits per heavy atom. The minimum atomic E-state index is -0.662. The normalized spacial score (nSPS) is 11.4. The van der Waals surface area contributed by atoms with Gasteiger partial charge in [-0.3, -0.25) is 0 Å². The van der Waals surface area contributed by atoms with Crippen LogP contribution in [0, 0.1) is 11.2 Å². The lowest BCUT2D eigenvalue weighted by Gasteiger charge is -2.00. The Hall–Kier alpha value is -1.49. The van der Waals surface area contributed by atoms with Crippen molar-refractivity contribution >= 4 is 23.4 Å². The average Bonchev–Trinajstić information content (AvgIpc) is 2.13. The Morgan fingerprint density at radius 3 is 2.92 bits per heavy atom. The standard InChI is InChI=1S/C7H6ClFN4/c8-7-12-3-5(9)6(13-7)4(1-10)2-11/h1-3,10H,11H2/b4-2+,10-1?. The van der Waals surface area contributed by atoms with Crippen LogP contribution >= 0.6 is 11.6 Å². The first-order valence-corrected chi connectivity index (χ1v) is 3.67. The van der Waals surface area contributed by atoms with Crippen molar-refractivity contribution in [2.75, 3.05) is 0 Å². The first-order chi connectivity index (χ1) is 6.19. The lowest BCUT2D eigenvalue weighted by atomic mass is 10.2. The molecule has 0 saturated heterocycles. The summed E-state index contributed by atoms with van der Waals surface area (Å²) in [5.41, 5.74) is 5.23. The largest absolute Gasteiger partial charge is 0.404 e. The van der Waals surface area contributed by atoms with Gasteiger partial charge in [-0.2, -0.15) is 0 Å². The first-order valence-electron chi connectivity index (χ1n) is 3.30. The summed E-state index contributed by atoms with van der Waals surface area (Å²) < 4.78 is 13.0. The summed E-state index contributed by atoms with van der Waals surface area (Å²) in [6, 6.07) is 0. The van der Waals surface area contributed by atoms with Gasteiger partial charge >= 0.3 is 0 Å². The molecular weight excluding hydrogens is 195 g/mol. The zero-order valence-corrected chi connectivity index (χ0v) is 7.22. The number of nitrogens with zero attached hydrogens (tertiary/aromatic N) is 2. The Labute approximate surface area is 78.8 Å². The van der Waals surface area contributed by atoms with Crippen molar-refractivity contribution in [1.82, 2.24) is 9.97 Å². The molecule has 1 heterocycles. The highest BCUT2D eigenvalue weighted by Crippen LogP contribution is 2.13. The molecule has 0 amide bonds. The second-order valence-electron chi connectivity index (χ2n) is 2.10. The van der Waals surface area contributed by atoms with Crippen LogP contribution in [0.3, 0.4) is 0 Å². The third kappa shape index (κ3) is 2.00. The fourth-order valence-electron chi connectivity index (χ4n) is 0.743. The first kappa shape index (κ1) is 9.60. The second-order valence-corrected chi connectivity index (χ2v) is 2.44. The number of aromatic nitrogens is 2. The van der Waals surface area contributed by atoms with E-state index in [9.17, 15) is 4.39 Å². The highest BCUT2D eigenvalue weighted by molar-refractivity contribution is 6.28. The maximum Gasteiger partial charge on any atom is 0.223 e. The van der Waals surface area contributed by atoms with Crippen LogP contribution in [0.5, 0.6) is 0 Å².